The number of ether oxygens (including phenoxy) is 2. The van der Waals surface area contributed by atoms with Crippen LogP contribution in [-0.4, -0.2) is 54.9 Å². The van der Waals surface area contributed by atoms with Crippen molar-refractivity contribution < 1.29 is 22.7 Å². The molecule has 1 aromatic heterocycles. The second-order valence-corrected chi connectivity index (χ2v) is 9.26. The van der Waals surface area contributed by atoms with Crippen LogP contribution < -0.4 is 26.0 Å². The standard InChI is InChI=1S/C19H22N4O7S/c1-11-16(18(25)22-19(26)20-11)31(27,28)23-6-4-12(5-7-23)17(24)21-13-2-3-14-15(10-13)30-9-8-29-14/h2-3,10,12H,4-9H2,1H3,(H,21,24)(H2,20,22,25,26). The number of nitrogens with zero attached hydrogens (tertiary/aromatic N) is 1. The Kier molecular flexibility index (Phi) is 5.58. The number of sulfonamides is 1. The minimum absolute atomic E-state index is 0.0211. The summed E-state index contributed by atoms with van der Waals surface area (Å²) < 4.78 is 37.9. The van der Waals surface area contributed by atoms with Crippen molar-refractivity contribution in [2.24, 2.45) is 5.92 Å². The van der Waals surface area contributed by atoms with Crippen molar-refractivity contribution in [1.82, 2.24) is 14.3 Å². The topological polar surface area (TPSA) is 151 Å². The average molecular weight is 450 g/mol. The summed E-state index contributed by atoms with van der Waals surface area (Å²) >= 11 is 0. The first-order chi connectivity index (χ1) is 14.8. The molecule has 2 aliphatic rings. The van der Waals surface area contributed by atoms with Crippen molar-refractivity contribution in [2.45, 2.75) is 24.7 Å². The predicted molar refractivity (Wildman–Crippen MR) is 110 cm³/mol. The average Bonchev–Trinajstić information content (AvgIpc) is 2.73. The molecule has 31 heavy (non-hydrogen) atoms. The number of benzene rings is 1. The quantitative estimate of drug-likeness (QED) is 0.601. The van der Waals surface area contributed by atoms with E-state index >= 15 is 0 Å². The highest BCUT2D eigenvalue weighted by molar-refractivity contribution is 7.89. The number of carbonyl (C=O) groups excluding carboxylic acids is 1. The number of H-pyrrole nitrogens is 2. The van der Waals surface area contributed by atoms with Gasteiger partial charge < -0.3 is 19.8 Å². The Morgan fingerprint density at radius 2 is 1.77 bits per heavy atom. The molecule has 1 saturated heterocycles. The minimum Gasteiger partial charge on any atom is -0.486 e. The summed E-state index contributed by atoms with van der Waals surface area (Å²) in [5, 5.41) is 2.83. The largest absolute Gasteiger partial charge is 0.486 e. The van der Waals surface area contributed by atoms with E-state index in [0.717, 1.165) is 4.31 Å². The van der Waals surface area contributed by atoms with Gasteiger partial charge in [0.05, 0.1) is 0 Å². The Morgan fingerprint density at radius 1 is 1.10 bits per heavy atom. The normalized spacial score (nSPS) is 17.3. The number of piperidine rings is 1. The molecule has 0 radical (unpaired) electrons. The van der Waals surface area contributed by atoms with E-state index in [4.69, 9.17) is 9.47 Å². The van der Waals surface area contributed by atoms with Crippen LogP contribution >= 0.6 is 0 Å². The van der Waals surface area contributed by atoms with Gasteiger partial charge in [-0.3, -0.25) is 14.6 Å². The van der Waals surface area contributed by atoms with Gasteiger partial charge in [-0.1, -0.05) is 0 Å². The van der Waals surface area contributed by atoms with E-state index in [1.54, 1.807) is 18.2 Å². The molecule has 11 nitrogen and oxygen atoms in total. The second kappa shape index (κ2) is 8.19. The Balaban J connectivity index is 1.42. The molecule has 1 fully saturated rings. The third-order valence-electron chi connectivity index (χ3n) is 5.31. The third kappa shape index (κ3) is 4.21. The van der Waals surface area contributed by atoms with Gasteiger partial charge in [-0.05, 0) is 31.9 Å². The molecule has 4 rings (SSSR count). The molecule has 2 aliphatic heterocycles. The van der Waals surface area contributed by atoms with Crippen molar-refractivity contribution in [3.8, 4) is 11.5 Å². The highest BCUT2D eigenvalue weighted by Gasteiger charge is 2.35. The van der Waals surface area contributed by atoms with E-state index in [2.05, 4.69) is 10.3 Å². The van der Waals surface area contributed by atoms with E-state index < -0.39 is 26.2 Å². The summed E-state index contributed by atoms with van der Waals surface area (Å²) in [5.41, 5.74) is -1.18. The maximum Gasteiger partial charge on any atom is 0.325 e. The number of hydrogen-bond donors (Lipinski definition) is 3. The van der Waals surface area contributed by atoms with Gasteiger partial charge in [-0.2, -0.15) is 4.31 Å². The maximum absolute atomic E-state index is 12.9. The number of aryl methyl sites for hydroxylation is 1. The van der Waals surface area contributed by atoms with Gasteiger partial charge in [-0.15, -0.1) is 0 Å². The molecule has 0 bridgehead atoms. The van der Waals surface area contributed by atoms with Crippen LogP contribution in [0.5, 0.6) is 11.5 Å². The monoisotopic (exact) mass is 450 g/mol. The SMILES string of the molecule is Cc1[nH]c(=O)[nH]c(=O)c1S(=O)(=O)N1CCC(C(=O)Nc2ccc3c(c2)OCCO3)CC1. The summed E-state index contributed by atoms with van der Waals surface area (Å²) in [6.07, 6.45) is 0.603. The number of carbonyl (C=O) groups is 1. The minimum atomic E-state index is -4.10. The molecule has 1 aromatic carbocycles. The van der Waals surface area contributed by atoms with Crippen LogP contribution in [0.25, 0.3) is 0 Å². The fraction of sp³-hybridized carbons (Fsp3) is 0.421. The summed E-state index contributed by atoms with van der Waals surface area (Å²) in [5.74, 6) is 0.586. The van der Waals surface area contributed by atoms with E-state index in [9.17, 15) is 22.8 Å². The molecule has 2 aromatic rings. The van der Waals surface area contributed by atoms with Crippen molar-refractivity contribution in [2.75, 3.05) is 31.6 Å². The number of anilines is 1. The molecule has 0 spiro atoms. The van der Waals surface area contributed by atoms with Gasteiger partial charge in [0, 0.05) is 36.5 Å². The van der Waals surface area contributed by atoms with Gasteiger partial charge in [-0.25, -0.2) is 13.2 Å². The lowest BCUT2D eigenvalue weighted by Gasteiger charge is -2.30. The molecule has 0 saturated carbocycles. The lowest BCUT2D eigenvalue weighted by atomic mass is 9.97. The van der Waals surface area contributed by atoms with Gasteiger partial charge in [0.1, 0.15) is 13.2 Å². The third-order valence-corrected chi connectivity index (χ3v) is 7.36. The number of aromatic nitrogens is 2. The summed E-state index contributed by atoms with van der Waals surface area (Å²) in [6.45, 7) is 2.44. The highest BCUT2D eigenvalue weighted by atomic mass is 32.2. The first-order valence-electron chi connectivity index (χ1n) is 9.79. The number of amides is 1. The Hall–Kier alpha value is -3.12. The molecular weight excluding hydrogens is 428 g/mol. The number of fused-ring (bicyclic) bond motifs is 1. The molecule has 0 unspecified atom stereocenters. The Morgan fingerprint density at radius 3 is 2.45 bits per heavy atom. The smallest absolute Gasteiger partial charge is 0.325 e. The van der Waals surface area contributed by atoms with Crippen LogP contribution in [0.15, 0.2) is 32.7 Å². The van der Waals surface area contributed by atoms with E-state index in [0.29, 0.717) is 43.2 Å². The zero-order valence-electron chi connectivity index (χ0n) is 16.8. The number of aromatic amines is 2. The first-order valence-corrected chi connectivity index (χ1v) is 11.2. The lowest BCUT2D eigenvalue weighted by Crippen LogP contribution is -2.44. The molecule has 1 amide bonds. The van der Waals surface area contributed by atoms with Crippen LogP contribution in [0.2, 0.25) is 0 Å². The molecule has 0 aliphatic carbocycles. The van der Waals surface area contributed by atoms with Crippen LogP contribution in [0.1, 0.15) is 18.5 Å². The Labute approximate surface area is 177 Å². The van der Waals surface area contributed by atoms with Gasteiger partial charge in [0.25, 0.3) is 5.56 Å². The van der Waals surface area contributed by atoms with Crippen LogP contribution in [0.3, 0.4) is 0 Å². The zero-order chi connectivity index (χ0) is 22.2. The van der Waals surface area contributed by atoms with Crippen molar-refractivity contribution in [3.05, 3.63) is 44.7 Å². The fourth-order valence-corrected chi connectivity index (χ4v) is 5.42. The zero-order valence-corrected chi connectivity index (χ0v) is 17.6. The Bertz CT molecular complexity index is 1230. The lowest BCUT2D eigenvalue weighted by molar-refractivity contribution is -0.120. The van der Waals surface area contributed by atoms with Crippen LogP contribution in [0.4, 0.5) is 5.69 Å². The molecule has 166 valence electrons. The van der Waals surface area contributed by atoms with Gasteiger partial charge in [0.15, 0.2) is 16.4 Å². The number of hydrogen-bond acceptors (Lipinski definition) is 7. The maximum atomic E-state index is 12.9. The van der Waals surface area contributed by atoms with E-state index in [1.807, 2.05) is 4.98 Å². The molecular formula is C19H22N4O7S. The van der Waals surface area contributed by atoms with Crippen molar-refractivity contribution in [3.63, 3.8) is 0 Å². The van der Waals surface area contributed by atoms with Gasteiger partial charge >= 0.3 is 5.69 Å². The summed E-state index contributed by atoms with van der Waals surface area (Å²) in [4.78, 5) is 39.8. The fourth-order valence-electron chi connectivity index (χ4n) is 3.75. The molecule has 3 N–H and O–H groups in total. The number of nitrogens with one attached hydrogen (secondary N) is 3. The molecule has 3 heterocycles. The second-order valence-electron chi connectivity index (χ2n) is 7.39. The molecule has 12 heteroatoms. The van der Waals surface area contributed by atoms with Crippen LogP contribution in [-0.2, 0) is 14.8 Å². The van der Waals surface area contributed by atoms with Crippen molar-refractivity contribution >= 4 is 21.6 Å². The van der Waals surface area contributed by atoms with Gasteiger partial charge in [0.2, 0.25) is 15.9 Å². The predicted octanol–water partition coefficient (Wildman–Crippen LogP) is 0.182. The summed E-state index contributed by atoms with van der Waals surface area (Å²) in [6, 6.07) is 5.14. The van der Waals surface area contributed by atoms with E-state index in [1.165, 1.54) is 6.92 Å². The van der Waals surface area contributed by atoms with E-state index in [-0.39, 0.29) is 30.6 Å². The van der Waals surface area contributed by atoms with Crippen molar-refractivity contribution in [1.29, 1.82) is 0 Å². The van der Waals surface area contributed by atoms with Crippen LogP contribution in [0, 0.1) is 12.8 Å². The first kappa shape index (κ1) is 21.1. The number of rotatable bonds is 4. The summed E-state index contributed by atoms with van der Waals surface area (Å²) in [7, 11) is -4.10. The molecule has 0 atom stereocenters. The highest BCUT2D eigenvalue weighted by Crippen LogP contribution is 2.33.